The van der Waals surface area contributed by atoms with Crippen molar-refractivity contribution in [2.75, 3.05) is 13.7 Å². The van der Waals surface area contributed by atoms with Crippen LogP contribution in [-0.2, 0) is 23.5 Å². The van der Waals surface area contributed by atoms with Crippen molar-refractivity contribution in [3.05, 3.63) is 47.8 Å². The first-order valence-corrected chi connectivity index (χ1v) is 9.30. The number of rotatable bonds is 6. The second kappa shape index (κ2) is 6.81. The molecule has 0 saturated carbocycles. The van der Waals surface area contributed by atoms with Crippen molar-refractivity contribution < 1.29 is 13.2 Å². The fourth-order valence-electron chi connectivity index (χ4n) is 2.68. The SMILES string of the molecule is COc1ccc(C)cc1CCNS(=O)(=O)c1cnc2c(cnn2C)c1. The summed E-state index contributed by atoms with van der Waals surface area (Å²) in [7, 11) is -0.267. The van der Waals surface area contributed by atoms with Crippen molar-refractivity contribution in [2.45, 2.75) is 18.2 Å². The van der Waals surface area contributed by atoms with E-state index in [1.165, 1.54) is 6.20 Å². The van der Waals surface area contributed by atoms with Gasteiger partial charge in [0.25, 0.3) is 0 Å². The highest BCUT2D eigenvalue weighted by atomic mass is 32.2. The number of hydrogen-bond acceptors (Lipinski definition) is 5. The Morgan fingerprint density at radius 2 is 2.04 bits per heavy atom. The number of aryl methyl sites for hydroxylation is 2. The molecule has 0 aliphatic rings. The zero-order valence-electron chi connectivity index (χ0n) is 14.4. The van der Waals surface area contributed by atoms with E-state index in [0.29, 0.717) is 17.5 Å². The second-order valence-corrected chi connectivity index (χ2v) is 7.58. The molecule has 0 spiro atoms. The average Bonchev–Trinajstić information content (AvgIpc) is 2.96. The molecule has 2 heterocycles. The number of nitrogens with one attached hydrogen (secondary N) is 1. The van der Waals surface area contributed by atoms with E-state index in [2.05, 4.69) is 14.8 Å². The molecule has 0 aliphatic carbocycles. The van der Waals surface area contributed by atoms with Crippen molar-refractivity contribution >= 4 is 21.1 Å². The van der Waals surface area contributed by atoms with Gasteiger partial charge in [-0.1, -0.05) is 17.7 Å². The predicted molar refractivity (Wildman–Crippen MR) is 95.1 cm³/mol. The topological polar surface area (TPSA) is 86.1 Å². The minimum atomic E-state index is -3.63. The molecule has 0 aliphatic heterocycles. The molecule has 0 unspecified atom stereocenters. The molecular formula is C17H20N4O3S. The molecule has 3 aromatic rings. The lowest BCUT2D eigenvalue weighted by Crippen LogP contribution is -2.26. The molecule has 0 atom stereocenters. The molecule has 25 heavy (non-hydrogen) atoms. The Kier molecular flexibility index (Phi) is 4.73. The van der Waals surface area contributed by atoms with Crippen LogP contribution in [0.1, 0.15) is 11.1 Å². The second-order valence-electron chi connectivity index (χ2n) is 5.82. The third-order valence-electron chi connectivity index (χ3n) is 3.98. The largest absolute Gasteiger partial charge is 0.496 e. The lowest BCUT2D eigenvalue weighted by molar-refractivity contribution is 0.409. The van der Waals surface area contributed by atoms with Gasteiger partial charge in [-0.2, -0.15) is 5.10 Å². The standard InChI is InChI=1S/C17H20N4O3S/c1-12-4-5-16(24-3)13(8-12)6-7-20-25(22,23)15-9-14-10-19-21(2)17(14)18-11-15/h4-5,8-11,20H,6-7H2,1-3H3. The molecule has 1 N–H and O–H groups in total. The van der Waals surface area contributed by atoms with Crippen molar-refractivity contribution in [2.24, 2.45) is 7.05 Å². The van der Waals surface area contributed by atoms with Crippen LogP contribution in [0.4, 0.5) is 0 Å². The molecule has 1 aromatic carbocycles. The van der Waals surface area contributed by atoms with E-state index in [9.17, 15) is 8.42 Å². The Balaban J connectivity index is 1.74. The van der Waals surface area contributed by atoms with E-state index in [1.54, 1.807) is 31.1 Å². The van der Waals surface area contributed by atoms with Crippen LogP contribution in [0.15, 0.2) is 41.6 Å². The van der Waals surface area contributed by atoms with Gasteiger partial charge in [-0.25, -0.2) is 18.1 Å². The third-order valence-corrected chi connectivity index (χ3v) is 5.41. The number of hydrogen-bond donors (Lipinski definition) is 1. The van der Waals surface area contributed by atoms with E-state index in [0.717, 1.165) is 16.9 Å². The van der Waals surface area contributed by atoms with Crippen LogP contribution in [0, 0.1) is 6.92 Å². The molecule has 3 rings (SSSR count). The first-order valence-electron chi connectivity index (χ1n) is 7.81. The van der Waals surface area contributed by atoms with Gasteiger partial charge in [-0.05, 0) is 31.0 Å². The molecule has 8 heteroatoms. The van der Waals surface area contributed by atoms with E-state index in [1.807, 2.05) is 25.1 Å². The summed E-state index contributed by atoms with van der Waals surface area (Å²) in [6.45, 7) is 2.26. The molecule has 2 aromatic heterocycles. The Bertz CT molecular complexity index is 1010. The number of aromatic nitrogens is 3. The van der Waals surface area contributed by atoms with Crippen LogP contribution in [0.2, 0.25) is 0 Å². The molecule has 0 bridgehead atoms. The molecule has 0 radical (unpaired) electrons. The van der Waals surface area contributed by atoms with E-state index < -0.39 is 10.0 Å². The summed E-state index contributed by atoms with van der Waals surface area (Å²) in [6.07, 6.45) is 3.48. The fourth-order valence-corrected chi connectivity index (χ4v) is 3.69. The Morgan fingerprint density at radius 3 is 2.80 bits per heavy atom. The number of benzene rings is 1. The number of ether oxygens (including phenoxy) is 1. The number of pyridine rings is 1. The zero-order valence-corrected chi connectivity index (χ0v) is 15.2. The summed E-state index contributed by atoms with van der Waals surface area (Å²) in [5, 5.41) is 4.76. The van der Waals surface area contributed by atoms with E-state index >= 15 is 0 Å². The molecule has 132 valence electrons. The van der Waals surface area contributed by atoms with Gasteiger partial charge in [0.05, 0.1) is 13.3 Å². The van der Waals surface area contributed by atoms with E-state index in [4.69, 9.17) is 4.74 Å². The number of fused-ring (bicyclic) bond motifs is 1. The summed E-state index contributed by atoms with van der Waals surface area (Å²) < 4.78 is 34.5. The summed E-state index contributed by atoms with van der Waals surface area (Å²) in [5.41, 5.74) is 2.71. The lowest BCUT2D eigenvalue weighted by Gasteiger charge is -2.10. The number of nitrogens with zero attached hydrogens (tertiary/aromatic N) is 3. The minimum absolute atomic E-state index is 0.129. The van der Waals surface area contributed by atoms with Gasteiger partial charge in [0.1, 0.15) is 10.6 Å². The van der Waals surface area contributed by atoms with Crippen LogP contribution in [0.25, 0.3) is 11.0 Å². The highest BCUT2D eigenvalue weighted by molar-refractivity contribution is 7.89. The number of sulfonamides is 1. The summed E-state index contributed by atoms with van der Waals surface area (Å²) in [4.78, 5) is 4.30. The molecule has 0 amide bonds. The minimum Gasteiger partial charge on any atom is -0.496 e. The molecule has 0 fully saturated rings. The van der Waals surface area contributed by atoms with Gasteiger partial charge in [0.2, 0.25) is 10.0 Å². The van der Waals surface area contributed by atoms with Crippen molar-refractivity contribution in [1.82, 2.24) is 19.5 Å². The van der Waals surface area contributed by atoms with E-state index in [-0.39, 0.29) is 11.4 Å². The Morgan fingerprint density at radius 1 is 1.24 bits per heavy atom. The normalized spacial score (nSPS) is 11.8. The maximum Gasteiger partial charge on any atom is 0.242 e. The monoisotopic (exact) mass is 360 g/mol. The first-order chi connectivity index (χ1) is 11.9. The highest BCUT2D eigenvalue weighted by Crippen LogP contribution is 2.20. The first kappa shape index (κ1) is 17.4. The molecule has 0 saturated heterocycles. The summed E-state index contributed by atoms with van der Waals surface area (Å²) in [5.74, 6) is 0.753. The van der Waals surface area contributed by atoms with Crippen molar-refractivity contribution in [3.63, 3.8) is 0 Å². The van der Waals surface area contributed by atoms with Crippen LogP contribution >= 0.6 is 0 Å². The van der Waals surface area contributed by atoms with Gasteiger partial charge in [-0.3, -0.25) is 4.68 Å². The highest BCUT2D eigenvalue weighted by Gasteiger charge is 2.16. The predicted octanol–water partition coefficient (Wildman–Crippen LogP) is 1.81. The van der Waals surface area contributed by atoms with Crippen LogP contribution < -0.4 is 9.46 Å². The van der Waals surface area contributed by atoms with Crippen LogP contribution in [-0.4, -0.2) is 36.8 Å². The van der Waals surface area contributed by atoms with Gasteiger partial charge < -0.3 is 4.74 Å². The fraction of sp³-hybridized carbons (Fsp3) is 0.294. The number of methoxy groups -OCH3 is 1. The smallest absolute Gasteiger partial charge is 0.242 e. The van der Waals surface area contributed by atoms with Gasteiger partial charge in [-0.15, -0.1) is 0 Å². The van der Waals surface area contributed by atoms with Crippen molar-refractivity contribution in [3.8, 4) is 5.75 Å². The maximum absolute atomic E-state index is 12.5. The average molecular weight is 360 g/mol. The maximum atomic E-state index is 12.5. The third kappa shape index (κ3) is 3.64. The summed E-state index contributed by atoms with van der Waals surface area (Å²) >= 11 is 0. The lowest BCUT2D eigenvalue weighted by atomic mass is 10.1. The molecular weight excluding hydrogens is 340 g/mol. The zero-order chi connectivity index (χ0) is 18.0. The van der Waals surface area contributed by atoms with Crippen LogP contribution in [0.5, 0.6) is 5.75 Å². The Hall–Kier alpha value is -2.45. The Labute approximate surface area is 146 Å². The van der Waals surface area contributed by atoms with Crippen molar-refractivity contribution in [1.29, 1.82) is 0 Å². The van der Waals surface area contributed by atoms with Crippen LogP contribution in [0.3, 0.4) is 0 Å². The molecule has 7 nitrogen and oxygen atoms in total. The summed E-state index contributed by atoms with van der Waals surface area (Å²) in [6, 6.07) is 7.42. The van der Waals surface area contributed by atoms with Gasteiger partial charge in [0.15, 0.2) is 5.65 Å². The van der Waals surface area contributed by atoms with Gasteiger partial charge in [0, 0.05) is 25.2 Å². The quantitative estimate of drug-likeness (QED) is 0.724. The van der Waals surface area contributed by atoms with Gasteiger partial charge >= 0.3 is 0 Å².